The third-order valence-corrected chi connectivity index (χ3v) is 5.65. The van der Waals surface area contributed by atoms with Crippen molar-refractivity contribution in [3.8, 4) is 0 Å². The van der Waals surface area contributed by atoms with Crippen LogP contribution in [0.2, 0.25) is 0 Å². The summed E-state index contributed by atoms with van der Waals surface area (Å²) >= 11 is 0. The van der Waals surface area contributed by atoms with Crippen LogP contribution in [-0.4, -0.2) is 122 Å². The maximum atomic E-state index is 12.3. The molecule has 1 amide bonds. The normalized spacial score (nSPS) is 21.2. The van der Waals surface area contributed by atoms with Gasteiger partial charge in [0.05, 0.1) is 59.5 Å². The maximum absolute atomic E-state index is 12.3. The molecule has 2 unspecified atom stereocenters. The molecule has 1 aromatic heterocycles. The van der Waals surface area contributed by atoms with Crippen LogP contribution in [0.4, 0.5) is 5.82 Å². The average molecular weight is 548 g/mol. The minimum absolute atomic E-state index is 0.0306. The van der Waals surface area contributed by atoms with Gasteiger partial charge in [0.25, 0.3) is 0 Å². The number of aliphatic hydroxyl groups excluding tert-OH is 3. The summed E-state index contributed by atoms with van der Waals surface area (Å²) in [4.78, 5) is 28.0. The summed E-state index contributed by atoms with van der Waals surface area (Å²) < 4.78 is 27.7. The van der Waals surface area contributed by atoms with Crippen molar-refractivity contribution < 1.29 is 43.8 Å². The molecule has 2 rings (SSSR count). The van der Waals surface area contributed by atoms with Crippen LogP contribution in [-0.2, 0) is 34.9 Å². The molecule has 1 aliphatic heterocycles. The fourth-order valence-corrected chi connectivity index (χ4v) is 3.61. The van der Waals surface area contributed by atoms with E-state index in [-0.39, 0.29) is 24.8 Å². The summed E-state index contributed by atoms with van der Waals surface area (Å²) in [5.41, 5.74) is 10.9. The van der Waals surface area contributed by atoms with Gasteiger partial charge < -0.3 is 55.8 Å². The summed E-state index contributed by atoms with van der Waals surface area (Å²) in [5, 5.41) is 32.2. The number of carbonyl (C=O) groups excluding carboxylic acids is 1. The molecule has 1 saturated heterocycles. The van der Waals surface area contributed by atoms with Gasteiger partial charge in [-0.25, -0.2) is 4.79 Å². The van der Waals surface area contributed by atoms with E-state index in [0.717, 1.165) is 4.57 Å². The van der Waals surface area contributed by atoms with E-state index in [9.17, 15) is 24.9 Å². The van der Waals surface area contributed by atoms with Crippen LogP contribution < -0.4 is 22.5 Å². The zero-order valence-electron chi connectivity index (χ0n) is 21.5. The number of nitrogens with zero attached hydrogens (tertiary/aromatic N) is 2. The van der Waals surface area contributed by atoms with Crippen molar-refractivity contribution in [1.82, 2.24) is 14.9 Å². The zero-order valence-corrected chi connectivity index (χ0v) is 21.5. The largest absolute Gasteiger partial charge is 0.394 e. The lowest BCUT2D eigenvalue weighted by Gasteiger charge is -2.18. The van der Waals surface area contributed by atoms with E-state index in [1.54, 1.807) is 0 Å². The van der Waals surface area contributed by atoms with Crippen LogP contribution in [0.15, 0.2) is 11.0 Å². The number of hydrogen-bond acceptors (Lipinski definition) is 13. The number of nitrogen functional groups attached to an aromatic ring is 1. The van der Waals surface area contributed by atoms with E-state index in [0.29, 0.717) is 77.7 Å². The Balaban J connectivity index is 1.57. The van der Waals surface area contributed by atoms with Crippen LogP contribution >= 0.6 is 0 Å². The van der Waals surface area contributed by atoms with Crippen molar-refractivity contribution in [2.75, 3.05) is 78.3 Å². The lowest BCUT2D eigenvalue weighted by Crippen LogP contribution is -2.36. The van der Waals surface area contributed by atoms with Crippen molar-refractivity contribution in [3.05, 3.63) is 22.2 Å². The van der Waals surface area contributed by atoms with Gasteiger partial charge in [0, 0.05) is 31.3 Å². The SMILES string of the molecule is NCCOCCOCCOCCOCCC(=O)NCCCc1cn([C@@H]2O[C@H](CO)C(O)C2O)c(=O)nc1N. The molecule has 1 fully saturated rings. The lowest BCUT2D eigenvalue weighted by molar-refractivity contribution is -0.122. The number of nitrogens with one attached hydrogen (secondary N) is 1. The number of aromatic nitrogens is 2. The van der Waals surface area contributed by atoms with Gasteiger partial charge in [-0.3, -0.25) is 9.36 Å². The van der Waals surface area contributed by atoms with Crippen LogP contribution in [0.5, 0.6) is 0 Å². The highest BCUT2D eigenvalue weighted by atomic mass is 16.6. The summed E-state index contributed by atoms with van der Waals surface area (Å²) in [5.74, 6) is -0.137. The van der Waals surface area contributed by atoms with Crippen molar-refractivity contribution in [1.29, 1.82) is 0 Å². The van der Waals surface area contributed by atoms with Gasteiger partial charge in [-0.2, -0.15) is 4.98 Å². The van der Waals surface area contributed by atoms with Crippen LogP contribution in [0, 0.1) is 0 Å². The van der Waals surface area contributed by atoms with E-state index < -0.39 is 36.8 Å². The second-order valence-electron chi connectivity index (χ2n) is 8.51. The molecule has 15 heteroatoms. The zero-order chi connectivity index (χ0) is 27.8. The molecule has 8 N–H and O–H groups in total. The van der Waals surface area contributed by atoms with Crippen molar-refractivity contribution in [3.63, 3.8) is 0 Å². The predicted octanol–water partition coefficient (Wildman–Crippen LogP) is -3.10. The molecule has 0 aromatic carbocycles. The fraction of sp³-hybridized carbons (Fsp3) is 0.783. The molecule has 0 bridgehead atoms. The molecular weight excluding hydrogens is 506 g/mol. The quantitative estimate of drug-likeness (QED) is 0.0891. The van der Waals surface area contributed by atoms with Gasteiger partial charge >= 0.3 is 5.69 Å². The number of nitrogens with two attached hydrogens (primary N) is 2. The Bertz CT molecular complexity index is 873. The van der Waals surface area contributed by atoms with Gasteiger partial charge in [0.2, 0.25) is 5.91 Å². The van der Waals surface area contributed by atoms with Crippen LogP contribution in [0.25, 0.3) is 0 Å². The van der Waals surface area contributed by atoms with Gasteiger partial charge in [-0.05, 0) is 12.8 Å². The van der Waals surface area contributed by atoms with E-state index in [2.05, 4.69) is 10.3 Å². The summed E-state index contributed by atoms with van der Waals surface area (Å²) in [6.45, 7) is 3.77. The molecule has 38 heavy (non-hydrogen) atoms. The Hall–Kier alpha value is -2.21. The Morgan fingerprint density at radius 1 is 1.03 bits per heavy atom. The third-order valence-electron chi connectivity index (χ3n) is 5.65. The van der Waals surface area contributed by atoms with E-state index in [1.807, 2.05) is 0 Å². The minimum atomic E-state index is -1.41. The molecule has 4 atom stereocenters. The number of aryl methyl sites for hydroxylation is 1. The van der Waals surface area contributed by atoms with Crippen LogP contribution in [0.1, 0.15) is 24.6 Å². The first-order valence-electron chi connectivity index (χ1n) is 12.7. The summed E-state index contributed by atoms with van der Waals surface area (Å²) in [6.07, 6.45) is -2.46. The Kier molecular flexibility index (Phi) is 15.3. The molecule has 1 aromatic rings. The lowest BCUT2D eigenvalue weighted by atomic mass is 10.1. The Morgan fingerprint density at radius 3 is 2.21 bits per heavy atom. The number of anilines is 1. The average Bonchev–Trinajstić information content (AvgIpc) is 3.18. The number of rotatable bonds is 20. The highest BCUT2D eigenvalue weighted by Crippen LogP contribution is 2.28. The molecular formula is C23H41N5O10. The number of ether oxygens (including phenoxy) is 5. The third kappa shape index (κ3) is 10.9. The molecule has 0 saturated carbocycles. The number of hydrogen-bond donors (Lipinski definition) is 6. The minimum Gasteiger partial charge on any atom is -0.394 e. The topological polar surface area (TPSA) is 223 Å². The molecule has 0 radical (unpaired) electrons. The predicted molar refractivity (Wildman–Crippen MR) is 134 cm³/mol. The molecule has 15 nitrogen and oxygen atoms in total. The highest BCUT2D eigenvalue weighted by molar-refractivity contribution is 5.75. The molecule has 218 valence electrons. The number of carbonyl (C=O) groups is 1. The van der Waals surface area contributed by atoms with Crippen molar-refractivity contribution in [2.45, 2.75) is 43.8 Å². The maximum Gasteiger partial charge on any atom is 0.351 e. The second kappa shape index (κ2) is 18.1. The highest BCUT2D eigenvalue weighted by Gasteiger charge is 2.43. The van der Waals surface area contributed by atoms with E-state index in [4.69, 9.17) is 35.2 Å². The summed E-state index contributed by atoms with van der Waals surface area (Å²) in [7, 11) is 0. The first kappa shape index (κ1) is 32.0. The van der Waals surface area contributed by atoms with Crippen molar-refractivity contribution >= 4 is 11.7 Å². The van der Waals surface area contributed by atoms with E-state index in [1.165, 1.54) is 6.20 Å². The first-order valence-corrected chi connectivity index (χ1v) is 12.7. The van der Waals surface area contributed by atoms with Gasteiger partial charge in [0.15, 0.2) is 6.23 Å². The molecule has 0 spiro atoms. The second-order valence-corrected chi connectivity index (χ2v) is 8.51. The number of amides is 1. The fourth-order valence-electron chi connectivity index (χ4n) is 3.61. The van der Waals surface area contributed by atoms with Crippen molar-refractivity contribution in [2.24, 2.45) is 5.73 Å². The van der Waals surface area contributed by atoms with Crippen LogP contribution in [0.3, 0.4) is 0 Å². The smallest absolute Gasteiger partial charge is 0.351 e. The van der Waals surface area contributed by atoms with E-state index >= 15 is 0 Å². The molecule has 2 heterocycles. The summed E-state index contributed by atoms with van der Waals surface area (Å²) in [6, 6.07) is 0. The molecule has 1 aliphatic rings. The molecule has 0 aliphatic carbocycles. The van der Waals surface area contributed by atoms with Gasteiger partial charge in [0.1, 0.15) is 24.1 Å². The first-order chi connectivity index (χ1) is 18.4. The Labute approximate surface area is 221 Å². The standard InChI is InChI=1S/C23H41N5O10/c24-4-7-35-9-11-37-13-12-36-10-8-34-6-3-18(30)26-5-1-2-16-14-28(23(33)27-21(16)25)22-20(32)19(31)17(15-29)38-22/h14,17,19-20,22,29,31-32H,1-13,15,24H2,(H,26,30)(H2,25,27,33)/t17-,19?,20?,22-/m1/s1. The van der Waals surface area contributed by atoms with Gasteiger partial charge in [-0.1, -0.05) is 0 Å². The number of aliphatic hydroxyl groups is 3. The monoisotopic (exact) mass is 547 g/mol. The Morgan fingerprint density at radius 2 is 1.63 bits per heavy atom. The van der Waals surface area contributed by atoms with Gasteiger partial charge in [-0.15, -0.1) is 0 Å².